The van der Waals surface area contributed by atoms with Crippen molar-refractivity contribution in [2.24, 2.45) is 0 Å². The highest BCUT2D eigenvalue weighted by atomic mass is 28.2. The highest BCUT2D eigenvalue weighted by Crippen LogP contribution is 2.37. The second kappa shape index (κ2) is 5.12. The Morgan fingerprint density at radius 1 is 1.24 bits per heavy atom. The molecule has 0 radical (unpaired) electrons. The van der Waals surface area contributed by atoms with E-state index in [9.17, 15) is 0 Å². The number of hydrogen-bond acceptors (Lipinski definition) is 4. The zero-order valence-corrected chi connectivity index (χ0v) is 15.4. The van der Waals surface area contributed by atoms with Gasteiger partial charge in [-0.25, -0.2) is 0 Å². The van der Waals surface area contributed by atoms with E-state index in [1.54, 1.807) is 0 Å². The van der Waals surface area contributed by atoms with Crippen LogP contribution in [0.3, 0.4) is 0 Å². The van der Waals surface area contributed by atoms with E-state index >= 15 is 0 Å². The van der Waals surface area contributed by atoms with Gasteiger partial charge >= 0.3 is 7.12 Å². The van der Waals surface area contributed by atoms with Gasteiger partial charge in [-0.15, -0.1) is 0 Å². The van der Waals surface area contributed by atoms with Gasteiger partial charge in [0, 0.05) is 6.42 Å². The van der Waals surface area contributed by atoms with Crippen LogP contribution in [0.4, 0.5) is 0 Å². The van der Waals surface area contributed by atoms with Gasteiger partial charge in [0.15, 0.2) is 0 Å². The number of hydrogen-bond donors (Lipinski definition) is 0. The van der Waals surface area contributed by atoms with Crippen molar-refractivity contribution < 1.29 is 18.5 Å². The van der Waals surface area contributed by atoms with E-state index in [1.165, 1.54) is 5.56 Å². The van der Waals surface area contributed by atoms with Crippen LogP contribution in [0, 0.1) is 0 Å². The lowest BCUT2D eigenvalue weighted by atomic mass is 9.78. The zero-order chi connectivity index (χ0) is 15.3. The first kappa shape index (κ1) is 15.1. The van der Waals surface area contributed by atoms with Crippen LogP contribution in [-0.4, -0.2) is 41.5 Å². The molecule has 3 rings (SSSR count). The van der Waals surface area contributed by atoms with Gasteiger partial charge in [0.05, 0.1) is 17.8 Å². The van der Waals surface area contributed by atoms with Crippen molar-refractivity contribution in [3.05, 3.63) is 23.8 Å². The van der Waals surface area contributed by atoms with Crippen molar-refractivity contribution in [3.8, 4) is 5.75 Å². The van der Waals surface area contributed by atoms with E-state index in [4.69, 9.17) is 18.5 Å². The van der Waals surface area contributed by atoms with Gasteiger partial charge in [0.25, 0.3) is 0 Å². The van der Waals surface area contributed by atoms with Gasteiger partial charge in [0.2, 0.25) is 0 Å². The molecule has 2 aliphatic heterocycles. The third kappa shape index (κ3) is 2.66. The molecule has 0 saturated carbocycles. The molecule has 0 aliphatic carbocycles. The van der Waals surface area contributed by atoms with Gasteiger partial charge in [0.1, 0.15) is 22.3 Å². The lowest BCUT2D eigenvalue weighted by molar-refractivity contribution is 0.00578. The molecule has 2 heterocycles. The summed E-state index contributed by atoms with van der Waals surface area (Å²) in [5, 5.41) is 0. The van der Waals surface area contributed by atoms with Gasteiger partial charge < -0.3 is 18.5 Å². The molecule has 0 aromatic heterocycles. The molecule has 1 aromatic rings. The van der Waals surface area contributed by atoms with E-state index in [2.05, 4.69) is 33.8 Å². The quantitative estimate of drug-likeness (QED) is 0.766. The van der Waals surface area contributed by atoms with Crippen LogP contribution in [0.2, 0.25) is 0 Å². The largest absolute Gasteiger partial charge is 0.494 e. The summed E-state index contributed by atoms with van der Waals surface area (Å²) < 4.78 is 23.4. The molecule has 0 N–H and O–H groups in total. The molecule has 0 spiro atoms. The number of fused-ring (bicyclic) bond motifs is 1. The lowest BCUT2D eigenvalue weighted by Crippen LogP contribution is -2.41. The van der Waals surface area contributed by atoms with Crippen LogP contribution in [0.25, 0.3) is 0 Å². The van der Waals surface area contributed by atoms with Crippen LogP contribution in [0.15, 0.2) is 18.2 Å². The third-order valence-electron chi connectivity index (χ3n) is 4.70. The van der Waals surface area contributed by atoms with Crippen LogP contribution < -0.4 is 10.2 Å². The average molecular weight is 306 g/mol. The molecule has 1 atom stereocenters. The van der Waals surface area contributed by atoms with Gasteiger partial charge in [-0.2, -0.15) is 0 Å². The third-order valence-corrected chi connectivity index (χ3v) is 5.04. The first-order chi connectivity index (χ1) is 9.82. The zero-order valence-electron chi connectivity index (χ0n) is 13.4. The minimum Gasteiger partial charge on any atom is -0.487 e. The first-order valence-corrected chi connectivity index (χ1v) is 8.28. The van der Waals surface area contributed by atoms with Gasteiger partial charge in [-0.05, 0) is 44.8 Å². The second-order valence-electron chi connectivity index (χ2n) is 6.85. The van der Waals surface area contributed by atoms with Crippen LogP contribution in [0.5, 0.6) is 5.75 Å². The summed E-state index contributed by atoms with van der Waals surface area (Å²) >= 11 is 0. The Labute approximate surface area is 129 Å². The molecule has 1 saturated heterocycles. The topological polar surface area (TPSA) is 36.9 Å². The van der Waals surface area contributed by atoms with Crippen molar-refractivity contribution in [2.45, 2.75) is 51.4 Å². The predicted octanol–water partition coefficient (Wildman–Crippen LogP) is 0.586. The normalized spacial score (nSPS) is 25.9. The highest BCUT2D eigenvalue weighted by molar-refractivity contribution is 6.62. The summed E-state index contributed by atoms with van der Waals surface area (Å²) in [6.07, 6.45) is 1.04. The van der Waals surface area contributed by atoms with Crippen molar-refractivity contribution in [1.29, 1.82) is 0 Å². The Balaban J connectivity index is 1.80. The molecule has 4 nitrogen and oxygen atoms in total. The van der Waals surface area contributed by atoms with Gasteiger partial charge in [-0.3, -0.25) is 0 Å². The molecule has 0 amide bonds. The Kier molecular flexibility index (Phi) is 3.68. The summed E-state index contributed by atoms with van der Waals surface area (Å²) in [5.41, 5.74) is 1.65. The number of rotatable bonds is 3. The highest BCUT2D eigenvalue weighted by Gasteiger charge is 2.51. The van der Waals surface area contributed by atoms with Crippen molar-refractivity contribution in [1.82, 2.24) is 0 Å². The molecule has 0 bridgehead atoms. The van der Waals surface area contributed by atoms with E-state index < -0.39 is 0 Å². The molecule has 6 heteroatoms. The summed E-state index contributed by atoms with van der Waals surface area (Å²) in [6, 6.07) is 6.19. The summed E-state index contributed by atoms with van der Waals surface area (Å²) in [6.45, 7) is 8.96. The fraction of sp³-hybridized carbons (Fsp3) is 0.600. The first-order valence-electron chi connectivity index (χ1n) is 7.46. The van der Waals surface area contributed by atoms with Crippen LogP contribution in [0.1, 0.15) is 33.3 Å². The lowest BCUT2D eigenvalue weighted by Gasteiger charge is -2.32. The maximum absolute atomic E-state index is 6.10. The minimum absolute atomic E-state index is 0.144. The fourth-order valence-electron chi connectivity index (χ4n) is 2.74. The second-order valence-corrected chi connectivity index (χ2v) is 7.43. The fourth-order valence-corrected chi connectivity index (χ4v) is 3.12. The van der Waals surface area contributed by atoms with Crippen molar-refractivity contribution >= 4 is 23.1 Å². The van der Waals surface area contributed by atoms with Crippen molar-refractivity contribution in [2.75, 3.05) is 6.61 Å². The molecule has 21 heavy (non-hydrogen) atoms. The molecular formula is C15H23BO4Si. The molecule has 114 valence electrons. The Bertz CT molecular complexity index is 530. The summed E-state index contributed by atoms with van der Waals surface area (Å²) in [5.74, 6) is 0.957. The Morgan fingerprint density at radius 2 is 1.90 bits per heavy atom. The Hall–Kier alpha value is -0.818. The summed E-state index contributed by atoms with van der Waals surface area (Å²) in [7, 11) is 0.437. The predicted molar refractivity (Wildman–Crippen MR) is 86.2 cm³/mol. The number of benzene rings is 1. The number of ether oxygens (including phenoxy) is 1. The van der Waals surface area contributed by atoms with Crippen LogP contribution >= 0.6 is 0 Å². The SMILES string of the molecule is CC1(C)OB(c2ccc3c(c2)CC(CO[SiH3])O3)OC1(C)C. The van der Waals surface area contributed by atoms with E-state index in [-0.39, 0.29) is 24.4 Å². The monoisotopic (exact) mass is 306 g/mol. The molecular weight excluding hydrogens is 283 g/mol. The smallest absolute Gasteiger partial charge is 0.487 e. The average Bonchev–Trinajstić information content (AvgIpc) is 2.87. The van der Waals surface area contributed by atoms with E-state index in [1.807, 2.05) is 12.1 Å². The maximum atomic E-state index is 6.10. The van der Waals surface area contributed by atoms with Crippen LogP contribution in [-0.2, 0) is 20.2 Å². The molecule has 1 aromatic carbocycles. The minimum atomic E-state index is -0.311. The van der Waals surface area contributed by atoms with E-state index in [0.29, 0.717) is 6.61 Å². The molecule has 1 unspecified atom stereocenters. The summed E-state index contributed by atoms with van der Waals surface area (Å²) in [4.78, 5) is 0. The van der Waals surface area contributed by atoms with Gasteiger partial charge in [-0.1, -0.05) is 12.1 Å². The molecule has 2 aliphatic rings. The van der Waals surface area contributed by atoms with E-state index in [0.717, 1.165) is 28.1 Å². The Morgan fingerprint density at radius 3 is 2.52 bits per heavy atom. The standard InChI is InChI=1S/C15H23BO4Si/c1-14(2)15(3,4)20-16(19-14)11-5-6-13-10(7-11)8-12(18-13)9-17-21/h5-7,12H,8-9H2,1-4,21H3. The van der Waals surface area contributed by atoms with Crippen molar-refractivity contribution in [3.63, 3.8) is 0 Å². The maximum Gasteiger partial charge on any atom is 0.494 e. The molecule has 1 fully saturated rings.